The van der Waals surface area contributed by atoms with Crippen molar-refractivity contribution in [1.82, 2.24) is 0 Å². The Hall–Kier alpha value is -1.89. The maximum absolute atomic E-state index is 12.0. The van der Waals surface area contributed by atoms with Crippen LogP contribution >= 0.6 is 0 Å². The van der Waals surface area contributed by atoms with Crippen LogP contribution in [0.2, 0.25) is 0 Å². The summed E-state index contributed by atoms with van der Waals surface area (Å²) in [7, 11) is -3.64. The van der Waals surface area contributed by atoms with Gasteiger partial charge in [-0.1, -0.05) is 17.7 Å². The van der Waals surface area contributed by atoms with E-state index in [0.717, 1.165) is 11.8 Å². The van der Waals surface area contributed by atoms with E-state index in [4.69, 9.17) is 4.74 Å². The lowest BCUT2D eigenvalue weighted by atomic mass is 10.1. The number of nitrogens with zero attached hydrogens (tertiary/aromatic N) is 2. The SMILES string of the molecule is Cc1ccc(N2C(=O)OC(C)(C)C2=NS(C)(=O)=O)cc1. The van der Waals surface area contributed by atoms with E-state index in [1.165, 1.54) is 4.90 Å². The van der Waals surface area contributed by atoms with Gasteiger partial charge in [-0.2, -0.15) is 0 Å². The highest BCUT2D eigenvalue weighted by Gasteiger charge is 2.46. The lowest BCUT2D eigenvalue weighted by Gasteiger charge is -2.18. The van der Waals surface area contributed by atoms with Crippen molar-refractivity contribution in [2.75, 3.05) is 11.2 Å². The Morgan fingerprint density at radius 3 is 2.25 bits per heavy atom. The quantitative estimate of drug-likeness (QED) is 0.837. The molecule has 0 saturated carbocycles. The minimum atomic E-state index is -3.64. The van der Waals surface area contributed by atoms with Gasteiger partial charge < -0.3 is 4.74 Å². The summed E-state index contributed by atoms with van der Waals surface area (Å²) in [6, 6.07) is 7.09. The Kier molecular flexibility index (Phi) is 3.33. The van der Waals surface area contributed by atoms with Crippen LogP contribution in [0.3, 0.4) is 0 Å². The number of anilines is 1. The molecule has 0 aliphatic carbocycles. The van der Waals surface area contributed by atoms with Gasteiger partial charge in [0.05, 0.1) is 11.9 Å². The molecule has 1 aromatic rings. The summed E-state index contributed by atoms with van der Waals surface area (Å²) in [6.45, 7) is 5.12. The van der Waals surface area contributed by atoms with E-state index < -0.39 is 21.7 Å². The van der Waals surface area contributed by atoms with Crippen molar-refractivity contribution in [1.29, 1.82) is 0 Å². The average molecular weight is 296 g/mol. The van der Waals surface area contributed by atoms with Gasteiger partial charge in [-0.25, -0.2) is 18.1 Å². The van der Waals surface area contributed by atoms with Crippen molar-refractivity contribution in [3.05, 3.63) is 29.8 Å². The maximum Gasteiger partial charge on any atom is 0.421 e. The lowest BCUT2D eigenvalue weighted by Crippen LogP contribution is -2.37. The van der Waals surface area contributed by atoms with Gasteiger partial charge in [-0.15, -0.1) is 4.40 Å². The molecule has 6 nitrogen and oxygen atoms in total. The Bertz CT molecular complexity index is 675. The topological polar surface area (TPSA) is 76.0 Å². The van der Waals surface area contributed by atoms with Crippen LogP contribution in [-0.4, -0.2) is 32.2 Å². The molecule has 0 bridgehead atoms. The van der Waals surface area contributed by atoms with Gasteiger partial charge in [0.2, 0.25) is 0 Å². The number of sulfonamides is 1. The molecule has 0 aromatic heterocycles. The van der Waals surface area contributed by atoms with Crippen LogP contribution in [0.15, 0.2) is 28.7 Å². The van der Waals surface area contributed by atoms with E-state index in [1.54, 1.807) is 26.0 Å². The predicted octanol–water partition coefficient (Wildman–Crippen LogP) is 2.09. The number of cyclic esters (lactones) is 1. The molecule has 0 N–H and O–H groups in total. The average Bonchev–Trinajstić information content (AvgIpc) is 2.48. The van der Waals surface area contributed by atoms with Crippen LogP contribution in [0.5, 0.6) is 0 Å². The van der Waals surface area contributed by atoms with Gasteiger partial charge in [0.1, 0.15) is 0 Å². The Morgan fingerprint density at radius 1 is 1.20 bits per heavy atom. The Labute approximate surface area is 118 Å². The summed E-state index contributed by atoms with van der Waals surface area (Å²) in [5.74, 6) is 0.0638. The number of amidine groups is 1. The van der Waals surface area contributed by atoms with Crippen molar-refractivity contribution in [2.24, 2.45) is 4.40 Å². The van der Waals surface area contributed by atoms with Gasteiger partial charge in [0.15, 0.2) is 11.4 Å². The monoisotopic (exact) mass is 296 g/mol. The summed E-state index contributed by atoms with van der Waals surface area (Å²) in [6.07, 6.45) is 0.341. The third kappa shape index (κ3) is 2.82. The Morgan fingerprint density at radius 2 is 1.75 bits per heavy atom. The van der Waals surface area contributed by atoms with Crippen LogP contribution in [0.25, 0.3) is 0 Å². The summed E-state index contributed by atoms with van der Waals surface area (Å²) < 4.78 is 31.7. The summed E-state index contributed by atoms with van der Waals surface area (Å²) in [5.41, 5.74) is 0.459. The largest absolute Gasteiger partial charge is 0.435 e. The van der Waals surface area contributed by atoms with Gasteiger partial charge in [0, 0.05) is 0 Å². The number of aryl methyl sites for hydroxylation is 1. The van der Waals surface area contributed by atoms with Crippen LogP contribution < -0.4 is 4.90 Å². The molecule has 0 radical (unpaired) electrons. The highest BCUT2D eigenvalue weighted by Crippen LogP contribution is 2.30. The first kappa shape index (κ1) is 14.5. The fraction of sp³-hybridized carbons (Fsp3) is 0.385. The molecule has 1 fully saturated rings. The smallest absolute Gasteiger partial charge is 0.421 e. The lowest BCUT2D eigenvalue weighted by molar-refractivity contribution is 0.110. The number of benzene rings is 1. The number of carbonyl (C=O) groups excluding carboxylic acids is 1. The first-order chi connectivity index (χ1) is 9.10. The molecule has 1 saturated heterocycles. The van der Waals surface area contributed by atoms with E-state index in [9.17, 15) is 13.2 Å². The zero-order valence-electron chi connectivity index (χ0n) is 11.7. The highest BCUT2D eigenvalue weighted by atomic mass is 32.2. The van der Waals surface area contributed by atoms with Crippen molar-refractivity contribution in [3.8, 4) is 0 Å². The predicted molar refractivity (Wildman–Crippen MR) is 76.5 cm³/mol. The molecule has 1 aromatic carbocycles. The minimum Gasteiger partial charge on any atom is -0.435 e. The van der Waals surface area contributed by atoms with Gasteiger partial charge in [-0.05, 0) is 32.9 Å². The molecular weight excluding hydrogens is 280 g/mol. The second-order valence-corrected chi connectivity index (χ2v) is 6.85. The number of rotatable bonds is 2. The molecule has 108 valence electrons. The standard InChI is InChI=1S/C13H16N2O4S/c1-9-5-7-10(8-6-9)15-11(14-20(4,17)18)13(2,3)19-12(15)16/h5-8H,1-4H3. The molecule has 1 amide bonds. The molecule has 1 aliphatic heterocycles. The number of hydrogen-bond donors (Lipinski definition) is 0. The minimum absolute atomic E-state index is 0.0638. The van der Waals surface area contributed by atoms with Crippen molar-refractivity contribution in [3.63, 3.8) is 0 Å². The third-order valence-electron chi connectivity index (χ3n) is 2.82. The molecule has 0 spiro atoms. The summed E-state index contributed by atoms with van der Waals surface area (Å²) >= 11 is 0. The molecular formula is C13H16N2O4S. The molecule has 0 atom stereocenters. The zero-order valence-corrected chi connectivity index (χ0v) is 12.6. The van der Waals surface area contributed by atoms with Crippen LogP contribution in [0, 0.1) is 6.92 Å². The van der Waals surface area contributed by atoms with Crippen molar-refractivity contribution >= 4 is 27.6 Å². The number of carbonyl (C=O) groups is 1. The molecule has 1 aliphatic rings. The fourth-order valence-electron chi connectivity index (χ4n) is 1.89. The number of amides is 1. The van der Waals surface area contributed by atoms with Gasteiger partial charge >= 0.3 is 6.09 Å². The van der Waals surface area contributed by atoms with Crippen LogP contribution in [0.1, 0.15) is 19.4 Å². The van der Waals surface area contributed by atoms with Gasteiger partial charge in [-0.3, -0.25) is 0 Å². The molecule has 0 unspecified atom stereocenters. The van der Waals surface area contributed by atoms with Crippen molar-refractivity contribution < 1.29 is 17.9 Å². The summed E-state index contributed by atoms with van der Waals surface area (Å²) in [5, 5.41) is 0. The van der Waals surface area contributed by atoms with Crippen molar-refractivity contribution in [2.45, 2.75) is 26.4 Å². The second kappa shape index (κ2) is 4.59. The van der Waals surface area contributed by atoms with E-state index in [2.05, 4.69) is 4.40 Å². The first-order valence-electron chi connectivity index (χ1n) is 6.00. The van der Waals surface area contributed by atoms with E-state index >= 15 is 0 Å². The first-order valence-corrected chi connectivity index (χ1v) is 7.85. The number of ether oxygens (including phenoxy) is 1. The molecule has 2 rings (SSSR count). The van der Waals surface area contributed by atoms with E-state index in [-0.39, 0.29) is 5.84 Å². The third-order valence-corrected chi connectivity index (χ3v) is 3.32. The van der Waals surface area contributed by atoms with Crippen LogP contribution in [0.4, 0.5) is 10.5 Å². The Balaban J connectivity index is 2.57. The number of hydrogen-bond acceptors (Lipinski definition) is 4. The van der Waals surface area contributed by atoms with E-state index in [1.807, 2.05) is 19.1 Å². The summed E-state index contributed by atoms with van der Waals surface area (Å²) in [4.78, 5) is 13.2. The highest BCUT2D eigenvalue weighted by molar-refractivity contribution is 7.89. The zero-order chi connectivity index (χ0) is 15.1. The van der Waals surface area contributed by atoms with Gasteiger partial charge in [0.25, 0.3) is 10.0 Å². The second-order valence-electron chi connectivity index (χ2n) is 5.20. The molecule has 20 heavy (non-hydrogen) atoms. The van der Waals surface area contributed by atoms with Crippen LogP contribution in [-0.2, 0) is 14.8 Å². The molecule has 1 heterocycles. The maximum atomic E-state index is 12.0. The van der Waals surface area contributed by atoms with E-state index in [0.29, 0.717) is 5.69 Å². The normalized spacial score (nSPS) is 20.3. The molecule has 7 heteroatoms. The fourth-order valence-corrected chi connectivity index (χ4v) is 2.51.